The molecule has 0 atom stereocenters. The fourth-order valence-electron chi connectivity index (χ4n) is 1.29. The van der Waals surface area contributed by atoms with Crippen LogP contribution in [0.4, 0.5) is 0 Å². The van der Waals surface area contributed by atoms with Crippen molar-refractivity contribution < 1.29 is 15.3 Å². The van der Waals surface area contributed by atoms with E-state index in [4.69, 9.17) is 15.3 Å². The quantitative estimate of drug-likeness (QED) is 0.446. The van der Waals surface area contributed by atoms with Gasteiger partial charge in [-0.25, -0.2) is 0 Å². The Bertz CT molecular complexity index is 266. The zero-order chi connectivity index (χ0) is 13.3. The van der Waals surface area contributed by atoms with E-state index in [1.807, 2.05) is 0 Å². The summed E-state index contributed by atoms with van der Waals surface area (Å²) in [4.78, 5) is 0. The van der Waals surface area contributed by atoms with Gasteiger partial charge in [0.2, 0.25) is 0 Å². The molecule has 0 heterocycles. The monoisotopic (exact) mass is 310 g/mol. The van der Waals surface area contributed by atoms with E-state index in [-0.39, 0.29) is 20.8 Å². The molecule has 3 nitrogen and oxygen atoms in total. The summed E-state index contributed by atoms with van der Waals surface area (Å²) in [6.45, 7) is 0.842. The van der Waals surface area contributed by atoms with Gasteiger partial charge in [-0.2, -0.15) is 12.6 Å². The Hall–Kier alpha value is 0.930. The van der Waals surface area contributed by atoms with E-state index in [2.05, 4.69) is 12.6 Å². The van der Waals surface area contributed by atoms with Crippen molar-refractivity contribution in [1.29, 1.82) is 0 Å². The van der Waals surface area contributed by atoms with Crippen LogP contribution in [0.3, 0.4) is 0 Å². The smallest absolute Gasteiger partial charge is 0.0586 e. The molecule has 0 aromatic carbocycles. The van der Waals surface area contributed by atoms with E-state index in [1.165, 1.54) is 0 Å². The van der Waals surface area contributed by atoms with Gasteiger partial charge in [0.15, 0.2) is 0 Å². The van der Waals surface area contributed by atoms with Gasteiger partial charge in [-0.3, -0.25) is 0 Å². The highest BCUT2D eigenvalue weighted by molar-refractivity contribution is 8.77. The van der Waals surface area contributed by atoms with Gasteiger partial charge in [0.05, 0.1) is 19.8 Å². The van der Waals surface area contributed by atoms with Crippen molar-refractivity contribution in [2.75, 3.05) is 19.8 Å². The SMILES string of the molecule is OCC1(S)CC1.OCC1(SSC2(CO)CC2)CC1. The molecule has 18 heavy (non-hydrogen) atoms. The summed E-state index contributed by atoms with van der Waals surface area (Å²) in [5.74, 6) is 0. The lowest BCUT2D eigenvalue weighted by Gasteiger charge is -2.15. The third-order valence-electron chi connectivity index (χ3n) is 3.71. The molecule has 0 unspecified atom stereocenters. The van der Waals surface area contributed by atoms with Crippen molar-refractivity contribution in [3.8, 4) is 0 Å². The number of thiol groups is 1. The van der Waals surface area contributed by atoms with Crippen molar-refractivity contribution in [1.82, 2.24) is 0 Å². The van der Waals surface area contributed by atoms with Crippen molar-refractivity contribution in [2.45, 2.75) is 52.8 Å². The number of rotatable bonds is 6. The number of aliphatic hydroxyl groups excluding tert-OH is 3. The third-order valence-corrected chi connectivity index (χ3v) is 8.53. The molecule has 0 radical (unpaired) electrons. The highest BCUT2D eigenvalue weighted by atomic mass is 33.1. The molecule has 0 aromatic heterocycles. The van der Waals surface area contributed by atoms with Gasteiger partial charge in [-0.05, 0) is 38.5 Å². The van der Waals surface area contributed by atoms with Crippen LogP contribution in [0.5, 0.6) is 0 Å². The molecule has 3 aliphatic carbocycles. The van der Waals surface area contributed by atoms with Crippen LogP contribution >= 0.6 is 34.2 Å². The lowest BCUT2D eigenvalue weighted by atomic mass is 10.5. The predicted molar refractivity (Wildman–Crippen MR) is 81.3 cm³/mol. The third kappa shape index (κ3) is 4.21. The molecular formula is C12H22O3S3. The van der Waals surface area contributed by atoms with Gasteiger partial charge < -0.3 is 15.3 Å². The van der Waals surface area contributed by atoms with Crippen molar-refractivity contribution in [3.05, 3.63) is 0 Å². The van der Waals surface area contributed by atoms with E-state index in [1.54, 1.807) is 21.6 Å². The summed E-state index contributed by atoms with van der Waals surface area (Å²) in [7, 11) is 3.58. The Morgan fingerprint density at radius 2 is 1.11 bits per heavy atom. The molecule has 3 aliphatic rings. The molecule has 0 aliphatic heterocycles. The molecule has 6 heteroatoms. The van der Waals surface area contributed by atoms with Gasteiger partial charge in [-0.1, -0.05) is 21.6 Å². The second kappa shape index (κ2) is 5.74. The van der Waals surface area contributed by atoms with Crippen molar-refractivity contribution in [3.63, 3.8) is 0 Å². The van der Waals surface area contributed by atoms with E-state index in [0.29, 0.717) is 13.2 Å². The minimum absolute atomic E-state index is 0.0417. The first-order chi connectivity index (χ1) is 8.51. The van der Waals surface area contributed by atoms with E-state index < -0.39 is 0 Å². The maximum absolute atomic E-state index is 9.05. The molecular weight excluding hydrogens is 288 g/mol. The van der Waals surface area contributed by atoms with E-state index in [0.717, 1.165) is 38.5 Å². The highest BCUT2D eigenvalue weighted by Gasteiger charge is 2.49. The van der Waals surface area contributed by atoms with Crippen LogP contribution in [0, 0.1) is 0 Å². The van der Waals surface area contributed by atoms with Crippen LogP contribution in [0.25, 0.3) is 0 Å². The zero-order valence-corrected chi connectivity index (χ0v) is 13.0. The van der Waals surface area contributed by atoms with Crippen molar-refractivity contribution >= 4 is 34.2 Å². The summed E-state index contributed by atoms with van der Waals surface area (Å²) >= 11 is 4.12. The van der Waals surface area contributed by atoms with Crippen LogP contribution in [0.2, 0.25) is 0 Å². The summed E-state index contributed by atoms with van der Waals surface area (Å²) in [5, 5.41) is 26.5. The van der Waals surface area contributed by atoms with Crippen LogP contribution in [-0.4, -0.2) is 49.4 Å². The first kappa shape index (κ1) is 15.3. The molecule has 3 rings (SSSR count). The minimum Gasteiger partial charge on any atom is -0.395 e. The fraction of sp³-hybridized carbons (Fsp3) is 1.00. The zero-order valence-electron chi connectivity index (χ0n) is 10.5. The first-order valence-electron chi connectivity index (χ1n) is 6.43. The lowest BCUT2D eigenvalue weighted by Crippen LogP contribution is -2.12. The largest absolute Gasteiger partial charge is 0.395 e. The van der Waals surface area contributed by atoms with Gasteiger partial charge in [0.25, 0.3) is 0 Å². The molecule has 0 amide bonds. The average molecular weight is 311 g/mol. The maximum Gasteiger partial charge on any atom is 0.0586 e. The molecule has 3 fully saturated rings. The Morgan fingerprint density at radius 1 is 0.722 bits per heavy atom. The standard InChI is InChI=1S/C8H14O2S2.C4H8OS/c9-5-7(1-2-7)11-12-8(6-10)3-4-8;5-3-4(6)1-2-4/h9-10H,1-6H2;5-6H,1-3H2. The van der Waals surface area contributed by atoms with Crippen LogP contribution < -0.4 is 0 Å². The predicted octanol–water partition coefficient (Wildman–Crippen LogP) is 1.86. The summed E-state index contributed by atoms with van der Waals surface area (Å²) in [6.07, 6.45) is 6.75. The van der Waals surface area contributed by atoms with Crippen LogP contribution in [0.1, 0.15) is 38.5 Å². The molecule has 3 saturated carbocycles. The number of aliphatic hydroxyl groups is 3. The average Bonchev–Trinajstić information content (AvgIpc) is 3.25. The lowest BCUT2D eigenvalue weighted by molar-refractivity contribution is 0.288. The molecule has 0 bridgehead atoms. The van der Waals surface area contributed by atoms with Gasteiger partial charge >= 0.3 is 0 Å². The number of hydrogen-bond donors (Lipinski definition) is 4. The van der Waals surface area contributed by atoms with Crippen LogP contribution in [0.15, 0.2) is 0 Å². The topological polar surface area (TPSA) is 60.7 Å². The second-order valence-electron chi connectivity index (χ2n) is 5.73. The second-order valence-corrected chi connectivity index (χ2v) is 9.75. The number of hydrogen-bond acceptors (Lipinski definition) is 6. The molecule has 0 spiro atoms. The Balaban J connectivity index is 0.000000169. The van der Waals surface area contributed by atoms with E-state index >= 15 is 0 Å². The molecule has 3 N–H and O–H groups in total. The molecule has 106 valence electrons. The minimum atomic E-state index is 0.0417. The first-order valence-corrected chi connectivity index (χ1v) is 9.03. The Labute approximate surface area is 122 Å². The highest BCUT2D eigenvalue weighted by Crippen LogP contribution is 2.61. The molecule has 0 saturated heterocycles. The maximum atomic E-state index is 9.05. The fourth-order valence-corrected chi connectivity index (χ4v) is 4.78. The van der Waals surface area contributed by atoms with Gasteiger partial charge in [0.1, 0.15) is 0 Å². The van der Waals surface area contributed by atoms with Crippen LogP contribution in [-0.2, 0) is 0 Å². The normalized spacial score (nSPS) is 28.0. The summed E-state index contributed by atoms with van der Waals surface area (Å²) < 4.78 is 0.366. The Kier molecular flexibility index (Phi) is 4.88. The Morgan fingerprint density at radius 3 is 1.22 bits per heavy atom. The van der Waals surface area contributed by atoms with Gasteiger partial charge in [0, 0.05) is 14.2 Å². The summed E-state index contributed by atoms with van der Waals surface area (Å²) in [6, 6.07) is 0. The molecule has 0 aromatic rings. The van der Waals surface area contributed by atoms with Crippen molar-refractivity contribution in [2.24, 2.45) is 0 Å². The van der Waals surface area contributed by atoms with E-state index in [9.17, 15) is 0 Å². The summed E-state index contributed by atoms with van der Waals surface area (Å²) in [5.41, 5.74) is 0. The van der Waals surface area contributed by atoms with Gasteiger partial charge in [-0.15, -0.1) is 0 Å².